The molecule has 0 fully saturated rings. The molecule has 0 unspecified atom stereocenters. The van der Waals surface area contributed by atoms with Crippen LogP contribution < -0.4 is 10.6 Å². The Labute approximate surface area is 114 Å². The number of nitrogens with zero attached hydrogens (tertiary/aromatic N) is 1. The van der Waals surface area contributed by atoms with Crippen molar-refractivity contribution in [3.8, 4) is 0 Å². The summed E-state index contributed by atoms with van der Waals surface area (Å²) < 4.78 is 0.986. The van der Waals surface area contributed by atoms with E-state index < -0.39 is 0 Å². The van der Waals surface area contributed by atoms with Crippen LogP contribution in [0.1, 0.15) is 10.4 Å². The molecule has 1 amide bonds. The second-order valence-corrected chi connectivity index (χ2v) is 4.88. The van der Waals surface area contributed by atoms with Gasteiger partial charge in [-0.2, -0.15) is 0 Å². The maximum Gasteiger partial charge on any atom is 0.258 e. The third-order valence-corrected chi connectivity index (χ3v) is 3.20. The molecule has 3 nitrogen and oxygen atoms in total. The number of rotatable bonds is 2. The zero-order valence-corrected chi connectivity index (χ0v) is 11.5. The van der Waals surface area contributed by atoms with E-state index in [1.807, 2.05) is 24.3 Å². The molecule has 18 heavy (non-hydrogen) atoms. The minimum Gasteiger partial charge on any atom is -0.399 e. The molecule has 92 valence electrons. The first kappa shape index (κ1) is 12.6. The number of nitrogen functional groups attached to an aromatic ring is 1. The van der Waals surface area contributed by atoms with Crippen LogP contribution in [0.15, 0.2) is 53.0 Å². The lowest BCUT2D eigenvalue weighted by Gasteiger charge is -2.17. The lowest BCUT2D eigenvalue weighted by atomic mass is 10.1. The number of amides is 1. The summed E-state index contributed by atoms with van der Waals surface area (Å²) in [6, 6.07) is 14.5. The van der Waals surface area contributed by atoms with Crippen LogP contribution >= 0.6 is 15.9 Å². The van der Waals surface area contributed by atoms with E-state index in [2.05, 4.69) is 15.9 Å². The predicted octanol–water partition coefficient (Wildman–Crippen LogP) is 3.31. The Hall–Kier alpha value is -1.81. The van der Waals surface area contributed by atoms with Crippen LogP contribution in [0.5, 0.6) is 0 Å². The van der Waals surface area contributed by atoms with Crippen molar-refractivity contribution in [2.24, 2.45) is 0 Å². The predicted molar refractivity (Wildman–Crippen MR) is 77.7 cm³/mol. The minimum absolute atomic E-state index is 0.0580. The summed E-state index contributed by atoms with van der Waals surface area (Å²) >= 11 is 3.37. The third-order valence-electron chi connectivity index (χ3n) is 2.68. The highest BCUT2D eigenvalue weighted by Crippen LogP contribution is 2.19. The molecule has 2 aromatic carbocycles. The number of hydrogen-bond donors (Lipinski definition) is 1. The van der Waals surface area contributed by atoms with E-state index in [4.69, 9.17) is 5.73 Å². The lowest BCUT2D eigenvalue weighted by Crippen LogP contribution is -2.26. The maximum absolute atomic E-state index is 12.2. The molecule has 0 radical (unpaired) electrons. The van der Waals surface area contributed by atoms with Gasteiger partial charge in [0, 0.05) is 28.5 Å². The van der Waals surface area contributed by atoms with Gasteiger partial charge in [-0.25, -0.2) is 0 Å². The fourth-order valence-electron chi connectivity index (χ4n) is 1.60. The molecule has 4 heteroatoms. The Balaban J connectivity index is 2.23. The number of halogens is 1. The summed E-state index contributed by atoms with van der Waals surface area (Å²) in [5.41, 5.74) is 7.72. The van der Waals surface area contributed by atoms with Gasteiger partial charge < -0.3 is 10.6 Å². The lowest BCUT2D eigenvalue weighted by molar-refractivity contribution is 0.0993. The summed E-state index contributed by atoms with van der Waals surface area (Å²) in [4.78, 5) is 13.8. The van der Waals surface area contributed by atoms with E-state index in [1.54, 1.807) is 36.2 Å². The van der Waals surface area contributed by atoms with Crippen LogP contribution in [-0.2, 0) is 0 Å². The van der Waals surface area contributed by atoms with Crippen molar-refractivity contribution < 1.29 is 4.79 Å². The van der Waals surface area contributed by atoms with Crippen LogP contribution in [0, 0.1) is 0 Å². The Morgan fingerprint density at radius 2 is 1.61 bits per heavy atom. The zero-order valence-electron chi connectivity index (χ0n) is 9.93. The highest BCUT2D eigenvalue weighted by Gasteiger charge is 2.12. The zero-order chi connectivity index (χ0) is 13.1. The highest BCUT2D eigenvalue weighted by molar-refractivity contribution is 9.10. The molecule has 0 bridgehead atoms. The van der Waals surface area contributed by atoms with Gasteiger partial charge in [-0.3, -0.25) is 4.79 Å². The molecule has 0 saturated carbocycles. The molecule has 0 aliphatic heterocycles. The monoisotopic (exact) mass is 304 g/mol. The van der Waals surface area contributed by atoms with Crippen LogP contribution in [-0.4, -0.2) is 13.0 Å². The van der Waals surface area contributed by atoms with Gasteiger partial charge in [-0.1, -0.05) is 15.9 Å². The fourth-order valence-corrected chi connectivity index (χ4v) is 1.87. The van der Waals surface area contributed by atoms with Crippen molar-refractivity contribution in [1.82, 2.24) is 0 Å². The van der Waals surface area contributed by atoms with Gasteiger partial charge in [-0.15, -0.1) is 0 Å². The fraction of sp³-hybridized carbons (Fsp3) is 0.0714. The molecular weight excluding hydrogens is 292 g/mol. The highest BCUT2D eigenvalue weighted by atomic mass is 79.9. The van der Waals surface area contributed by atoms with Gasteiger partial charge >= 0.3 is 0 Å². The van der Waals surface area contributed by atoms with Crippen LogP contribution in [0.3, 0.4) is 0 Å². The Kier molecular flexibility index (Phi) is 3.67. The van der Waals surface area contributed by atoms with Crippen molar-refractivity contribution in [1.29, 1.82) is 0 Å². The normalized spacial score (nSPS) is 10.1. The largest absolute Gasteiger partial charge is 0.399 e. The van der Waals surface area contributed by atoms with Gasteiger partial charge in [0.15, 0.2) is 0 Å². The van der Waals surface area contributed by atoms with Crippen molar-refractivity contribution in [3.63, 3.8) is 0 Å². The number of nitrogens with two attached hydrogens (primary N) is 1. The van der Waals surface area contributed by atoms with Crippen molar-refractivity contribution in [2.45, 2.75) is 0 Å². The van der Waals surface area contributed by atoms with Crippen LogP contribution in [0.2, 0.25) is 0 Å². The molecule has 0 atom stereocenters. The van der Waals surface area contributed by atoms with E-state index >= 15 is 0 Å². The number of benzene rings is 2. The van der Waals surface area contributed by atoms with E-state index in [1.165, 1.54) is 0 Å². The molecule has 0 spiro atoms. The van der Waals surface area contributed by atoms with E-state index in [0.717, 1.165) is 10.2 Å². The molecule has 0 aliphatic rings. The molecular formula is C14H13BrN2O. The van der Waals surface area contributed by atoms with Gasteiger partial charge in [0.1, 0.15) is 0 Å². The first-order valence-electron chi connectivity index (χ1n) is 5.47. The van der Waals surface area contributed by atoms with Crippen LogP contribution in [0.25, 0.3) is 0 Å². The first-order valence-corrected chi connectivity index (χ1v) is 6.26. The summed E-state index contributed by atoms with van der Waals surface area (Å²) in [6.45, 7) is 0. The Bertz CT molecular complexity index is 549. The number of hydrogen-bond acceptors (Lipinski definition) is 2. The van der Waals surface area contributed by atoms with E-state index in [9.17, 15) is 4.79 Å². The molecule has 0 heterocycles. The first-order chi connectivity index (χ1) is 8.58. The van der Waals surface area contributed by atoms with Crippen LogP contribution in [0.4, 0.5) is 11.4 Å². The van der Waals surface area contributed by atoms with Gasteiger partial charge in [0.25, 0.3) is 5.91 Å². The molecule has 2 N–H and O–H groups in total. The van der Waals surface area contributed by atoms with Crippen molar-refractivity contribution >= 4 is 33.2 Å². The molecule has 0 aromatic heterocycles. The standard InChI is InChI=1S/C14H13BrN2O/c1-17(13-8-4-11(15)5-9-13)14(18)10-2-6-12(16)7-3-10/h2-9H,16H2,1H3. The van der Waals surface area contributed by atoms with Crippen molar-refractivity contribution in [2.75, 3.05) is 17.7 Å². The molecule has 2 rings (SSSR count). The Morgan fingerprint density at radius 3 is 2.17 bits per heavy atom. The summed E-state index contributed by atoms with van der Waals surface area (Å²) in [5, 5.41) is 0. The average Bonchev–Trinajstić information content (AvgIpc) is 2.39. The topological polar surface area (TPSA) is 46.3 Å². The second kappa shape index (κ2) is 5.23. The van der Waals surface area contributed by atoms with E-state index in [-0.39, 0.29) is 5.91 Å². The number of anilines is 2. The molecule has 0 saturated heterocycles. The quantitative estimate of drug-likeness (QED) is 0.865. The minimum atomic E-state index is -0.0580. The SMILES string of the molecule is CN(C(=O)c1ccc(N)cc1)c1ccc(Br)cc1. The Morgan fingerprint density at radius 1 is 1.06 bits per heavy atom. The summed E-state index contributed by atoms with van der Waals surface area (Å²) in [5.74, 6) is -0.0580. The number of carbonyl (C=O) groups is 1. The smallest absolute Gasteiger partial charge is 0.258 e. The van der Waals surface area contributed by atoms with Gasteiger partial charge in [0.2, 0.25) is 0 Å². The average molecular weight is 305 g/mol. The molecule has 0 aliphatic carbocycles. The summed E-state index contributed by atoms with van der Waals surface area (Å²) in [6.07, 6.45) is 0. The number of carbonyl (C=O) groups excluding carboxylic acids is 1. The summed E-state index contributed by atoms with van der Waals surface area (Å²) in [7, 11) is 1.75. The van der Waals surface area contributed by atoms with Gasteiger partial charge in [-0.05, 0) is 48.5 Å². The second-order valence-electron chi connectivity index (χ2n) is 3.96. The van der Waals surface area contributed by atoms with Crippen molar-refractivity contribution in [3.05, 3.63) is 58.6 Å². The van der Waals surface area contributed by atoms with Gasteiger partial charge in [0.05, 0.1) is 0 Å². The maximum atomic E-state index is 12.2. The molecule has 2 aromatic rings. The third kappa shape index (κ3) is 2.71. The van der Waals surface area contributed by atoms with E-state index in [0.29, 0.717) is 11.3 Å².